The van der Waals surface area contributed by atoms with E-state index in [4.69, 9.17) is 5.11 Å². The Balaban J connectivity index is 2.65. The van der Waals surface area contributed by atoms with Crippen LogP contribution in [-0.2, 0) is 11.3 Å². The number of carboxylic acid groups (broad SMARTS) is 1. The summed E-state index contributed by atoms with van der Waals surface area (Å²) < 4.78 is 1.49. The molecule has 18 heavy (non-hydrogen) atoms. The molecule has 6 nitrogen and oxygen atoms in total. The van der Waals surface area contributed by atoms with Gasteiger partial charge in [-0.25, -0.2) is 0 Å². The van der Waals surface area contributed by atoms with E-state index in [1.165, 1.54) is 10.9 Å². The molecule has 98 valence electrons. The van der Waals surface area contributed by atoms with Crippen LogP contribution in [0.15, 0.2) is 18.5 Å². The maximum Gasteiger partial charge on any atom is 0.309 e. The van der Waals surface area contributed by atoms with Crippen LogP contribution in [-0.4, -0.2) is 27.6 Å². The van der Waals surface area contributed by atoms with E-state index in [0.29, 0.717) is 5.56 Å². The van der Waals surface area contributed by atoms with Gasteiger partial charge in [0, 0.05) is 11.6 Å². The number of hydrogen-bond acceptors (Lipinski definition) is 3. The van der Waals surface area contributed by atoms with Gasteiger partial charge in [0.25, 0.3) is 5.91 Å². The summed E-state index contributed by atoms with van der Waals surface area (Å²) in [6, 6.07) is 1.62. The molecule has 1 rings (SSSR count). The van der Waals surface area contributed by atoms with Gasteiger partial charge in [0.1, 0.15) is 12.6 Å². The van der Waals surface area contributed by atoms with Crippen LogP contribution in [0.3, 0.4) is 0 Å². The first-order valence-electron chi connectivity index (χ1n) is 5.68. The van der Waals surface area contributed by atoms with E-state index in [9.17, 15) is 9.59 Å². The largest absolute Gasteiger partial charge is 0.481 e. The number of amides is 1. The second-order valence-corrected chi connectivity index (χ2v) is 5.03. The number of nitrogens with one attached hydrogen (secondary N) is 1. The minimum Gasteiger partial charge on any atom is -0.481 e. The molecule has 0 fully saturated rings. The fourth-order valence-corrected chi connectivity index (χ4v) is 1.27. The maximum absolute atomic E-state index is 11.8. The van der Waals surface area contributed by atoms with Gasteiger partial charge < -0.3 is 10.4 Å². The van der Waals surface area contributed by atoms with Crippen LogP contribution in [0.5, 0.6) is 0 Å². The molecule has 0 aliphatic rings. The van der Waals surface area contributed by atoms with Crippen molar-refractivity contribution in [3.05, 3.63) is 24.0 Å². The Hall–Kier alpha value is -1.98. The predicted octanol–water partition coefficient (Wildman–Crippen LogP) is 0.372. The smallest absolute Gasteiger partial charge is 0.309 e. The van der Waals surface area contributed by atoms with Crippen LogP contribution in [0, 0.1) is 0 Å². The molecule has 1 aromatic heterocycles. The molecule has 0 aliphatic carbocycles. The summed E-state index contributed by atoms with van der Waals surface area (Å²) in [6.07, 6.45) is 3.04. The summed E-state index contributed by atoms with van der Waals surface area (Å²) >= 11 is 0. The Bertz CT molecular complexity index is 435. The van der Waals surface area contributed by atoms with Crippen molar-refractivity contribution in [2.75, 3.05) is 0 Å². The molecule has 0 unspecified atom stereocenters. The zero-order valence-corrected chi connectivity index (χ0v) is 10.8. The third kappa shape index (κ3) is 4.90. The lowest BCUT2D eigenvalue weighted by Crippen LogP contribution is -2.42. The summed E-state index contributed by atoms with van der Waals surface area (Å²) in [5.74, 6) is -1.07. The Morgan fingerprint density at radius 3 is 2.56 bits per heavy atom. The van der Waals surface area contributed by atoms with Crippen LogP contribution in [0.1, 0.15) is 37.6 Å². The van der Waals surface area contributed by atoms with Crippen molar-refractivity contribution < 1.29 is 19.4 Å². The Labute approximate surface area is 106 Å². The standard InChI is InChI=1S/C12H17N3O3/c1-12(2,3)14-11(18)9-4-6-15(13-8-9)7-5-10(16)17/h4,6,8H,5,7H2,1-3H3,(H-,14,16,17,18)/p+1. The molecule has 1 aromatic rings. The summed E-state index contributed by atoms with van der Waals surface area (Å²) in [5.41, 5.74) is 0.156. The van der Waals surface area contributed by atoms with E-state index in [1.807, 2.05) is 20.8 Å². The summed E-state index contributed by atoms with van der Waals surface area (Å²) in [6.45, 7) is 5.98. The van der Waals surface area contributed by atoms with E-state index in [-0.39, 0.29) is 24.4 Å². The van der Waals surface area contributed by atoms with E-state index in [0.717, 1.165) is 0 Å². The Morgan fingerprint density at radius 2 is 2.11 bits per heavy atom. The molecular weight excluding hydrogens is 234 g/mol. The number of aromatic nitrogens is 2. The van der Waals surface area contributed by atoms with Gasteiger partial charge in [-0.3, -0.25) is 9.59 Å². The summed E-state index contributed by atoms with van der Waals surface area (Å²) in [7, 11) is 0. The van der Waals surface area contributed by atoms with Crippen molar-refractivity contribution in [3.63, 3.8) is 0 Å². The van der Waals surface area contributed by atoms with E-state index < -0.39 is 5.97 Å². The van der Waals surface area contributed by atoms with Gasteiger partial charge in [-0.2, -0.15) is 0 Å². The monoisotopic (exact) mass is 252 g/mol. The molecule has 0 saturated heterocycles. The minimum absolute atomic E-state index is 0.00516. The minimum atomic E-state index is -0.876. The molecule has 0 atom stereocenters. The van der Waals surface area contributed by atoms with Gasteiger partial charge in [-0.1, -0.05) is 4.68 Å². The van der Waals surface area contributed by atoms with Crippen LogP contribution in [0.25, 0.3) is 0 Å². The third-order valence-electron chi connectivity index (χ3n) is 2.08. The van der Waals surface area contributed by atoms with E-state index >= 15 is 0 Å². The fraction of sp³-hybridized carbons (Fsp3) is 0.500. The highest BCUT2D eigenvalue weighted by atomic mass is 16.4. The highest BCUT2D eigenvalue weighted by Crippen LogP contribution is 2.02. The van der Waals surface area contributed by atoms with Crippen molar-refractivity contribution in [1.82, 2.24) is 10.4 Å². The first kappa shape index (κ1) is 14.1. The zero-order chi connectivity index (χ0) is 13.8. The molecule has 2 N–H and O–H groups in total. The molecule has 0 aromatic carbocycles. The van der Waals surface area contributed by atoms with Gasteiger partial charge in [-0.05, 0) is 25.9 Å². The summed E-state index contributed by atoms with van der Waals surface area (Å²) in [5, 5.41) is 15.4. The quantitative estimate of drug-likeness (QED) is 0.758. The fourth-order valence-electron chi connectivity index (χ4n) is 1.27. The number of carbonyl (C=O) groups excluding carboxylic acids is 1. The number of rotatable bonds is 4. The molecule has 0 radical (unpaired) electrons. The number of aryl methyl sites for hydroxylation is 1. The van der Waals surface area contributed by atoms with Crippen molar-refractivity contribution in [2.24, 2.45) is 0 Å². The molecule has 0 spiro atoms. The molecule has 0 saturated carbocycles. The van der Waals surface area contributed by atoms with Gasteiger partial charge in [0.2, 0.25) is 0 Å². The maximum atomic E-state index is 11.8. The van der Waals surface area contributed by atoms with Crippen LogP contribution in [0.4, 0.5) is 0 Å². The van der Waals surface area contributed by atoms with Gasteiger partial charge in [-0.15, -0.1) is 0 Å². The highest BCUT2D eigenvalue weighted by molar-refractivity contribution is 5.94. The van der Waals surface area contributed by atoms with Gasteiger partial charge in [0.05, 0.1) is 5.56 Å². The van der Waals surface area contributed by atoms with E-state index in [2.05, 4.69) is 10.4 Å². The average molecular weight is 252 g/mol. The molecule has 6 heteroatoms. The first-order chi connectivity index (χ1) is 8.28. The molecule has 1 amide bonds. The first-order valence-corrected chi connectivity index (χ1v) is 5.68. The van der Waals surface area contributed by atoms with E-state index in [1.54, 1.807) is 12.3 Å². The normalized spacial score (nSPS) is 11.1. The number of hydrogen-bond donors (Lipinski definition) is 2. The number of carbonyl (C=O) groups is 2. The van der Waals surface area contributed by atoms with Crippen molar-refractivity contribution in [2.45, 2.75) is 39.3 Å². The Morgan fingerprint density at radius 1 is 1.44 bits per heavy atom. The van der Waals surface area contributed by atoms with Crippen molar-refractivity contribution in [3.8, 4) is 0 Å². The SMILES string of the molecule is CC(C)(C)NC(=O)c1cc[n+](CCC(=O)O)nc1. The highest BCUT2D eigenvalue weighted by Gasteiger charge is 2.16. The lowest BCUT2D eigenvalue weighted by molar-refractivity contribution is -0.753. The van der Waals surface area contributed by atoms with Crippen LogP contribution in [0.2, 0.25) is 0 Å². The second-order valence-electron chi connectivity index (χ2n) is 5.03. The lowest BCUT2D eigenvalue weighted by atomic mass is 10.1. The van der Waals surface area contributed by atoms with Crippen LogP contribution >= 0.6 is 0 Å². The third-order valence-corrected chi connectivity index (χ3v) is 2.08. The van der Waals surface area contributed by atoms with Crippen molar-refractivity contribution in [1.29, 1.82) is 0 Å². The topological polar surface area (TPSA) is 83.2 Å². The predicted molar refractivity (Wildman–Crippen MR) is 63.9 cm³/mol. The van der Waals surface area contributed by atoms with Crippen LogP contribution < -0.4 is 10.00 Å². The lowest BCUT2D eigenvalue weighted by Gasteiger charge is -2.19. The molecule has 1 heterocycles. The van der Waals surface area contributed by atoms with Gasteiger partial charge in [0.15, 0.2) is 12.7 Å². The molecule has 0 bridgehead atoms. The molecule has 0 aliphatic heterocycles. The number of aliphatic carboxylic acids is 1. The Kier molecular flexibility index (Phi) is 4.36. The number of carboxylic acids is 1. The zero-order valence-electron chi connectivity index (χ0n) is 10.8. The van der Waals surface area contributed by atoms with Gasteiger partial charge >= 0.3 is 5.97 Å². The second kappa shape index (κ2) is 5.57. The molecular formula is C12H18N3O3+. The van der Waals surface area contributed by atoms with Crippen molar-refractivity contribution >= 4 is 11.9 Å². The average Bonchev–Trinajstić information content (AvgIpc) is 2.24. The number of nitrogens with zero attached hydrogens (tertiary/aromatic N) is 2. The summed E-state index contributed by atoms with van der Waals surface area (Å²) in [4.78, 5) is 22.2.